The number of nitrogen functional groups attached to an aromatic ring is 1. The molecule has 1 heterocycles. The first-order valence-corrected chi connectivity index (χ1v) is 4.91. The van der Waals surface area contributed by atoms with Crippen LogP contribution in [0.2, 0.25) is 5.15 Å². The van der Waals surface area contributed by atoms with Gasteiger partial charge >= 0.3 is 0 Å². The summed E-state index contributed by atoms with van der Waals surface area (Å²) in [6.45, 7) is 0.283. The van der Waals surface area contributed by atoms with Gasteiger partial charge in [0.2, 0.25) is 0 Å². The van der Waals surface area contributed by atoms with Crippen molar-refractivity contribution in [1.82, 2.24) is 4.98 Å². The highest BCUT2D eigenvalue weighted by molar-refractivity contribution is 6.30. The normalized spacial score (nSPS) is 14.9. The Bertz CT molecular complexity index is 335. The Morgan fingerprint density at radius 3 is 2.73 bits per heavy atom. The maximum atomic E-state index is 9.74. The molecule has 2 atom stereocenters. The van der Waals surface area contributed by atoms with Crippen LogP contribution in [-0.2, 0) is 0 Å². The molecule has 0 saturated carbocycles. The Balaban J connectivity index is 2.89. The van der Waals surface area contributed by atoms with Gasteiger partial charge in [0.1, 0.15) is 11.3 Å². The van der Waals surface area contributed by atoms with Crippen LogP contribution in [-0.4, -0.2) is 27.8 Å². The molecular weight excluding hydrogens is 218 g/mol. The van der Waals surface area contributed by atoms with E-state index in [1.807, 2.05) is 0 Å². The van der Waals surface area contributed by atoms with Crippen molar-refractivity contribution in [3.8, 4) is 0 Å². The van der Waals surface area contributed by atoms with Gasteiger partial charge in [-0.25, -0.2) is 4.98 Å². The van der Waals surface area contributed by atoms with Crippen molar-refractivity contribution in [3.05, 3.63) is 23.0 Å². The zero-order valence-corrected chi connectivity index (χ0v) is 8.85. The molecule has 0 aromatic carbocycles. The molecule has 1 aromatic heterocycles. The van der Waals surface area contributed by atoms with Crippen LogP contribution in [0.15, 0.2) is 12.3 Å². The van der Waals surface area contributed by atoms with Crippen molar-refractivity contribution in [2.24, 2.45) is 5.73 Å². The first-order chi connectivity index (χ1) is 7.06. The highest BCUT2D eigenvalue weighted by Gasteiger charge is 2.20. The van der Waals surface area contributed by atoms with Crippen LogP contribution < -0.4 is 11.5 Å². The zero-order chi connectivity index (χ0) is 11.4. The van der Waals surface area contributed by atoms with Crippen LogP contribution in [0.5, 0.6) is 0 Å². The second-order valence-corrected chi connectivity index (χ2v) is 3.60. The Kier molecular flexibility index (Phi) is 4.28. The quantitative estimate of drug-likeness (QED) is 0.549. The molecule has 0 aliphatic carbocycles. The lowest BCUT2D eigenvalue weighted by atomic mass is 10.0. The number of nitrogens with two attached hydrogens (primary N) is 2. The number of rotatable bonds is 4. The van der Waals surface area contributed by atoms with Crippen molar-refractivity contribution in [2.75, 3.05) is 12.3 Å². The van der Waals surface area contributed by atoms with E-state index in [-0.39, 0.29) is 18.1 Å². The Labute approximate surface area is 92.7 Å². The molecule has 6 N–H and O–H groups in total. The monoisotopic (exact) mass is 231 g/mol. The van der Waals surface area contributed by atoms with Crippen LogP contribution in [0.1, 0.15) is 18.1 Å². The fourth-order valence-corrected chi connectivity index (χ4v) is 1.44. The molecule has 1 rings (SSSR count). The molecule has 0 amide bonds. The minimum atomic E-state index is -1.11. The predicted octanol–water partition coefficient (Wildman–Crippen LogP) is 0.0603. The van der Waals surface area contributed by atoms with E-state index in [2.05, 4.69) is 4.98 Å². The average molecular weight is 232 g/mol. The highest BCUT2D eigenvalue weighted by Crippen LogP contribution is 2.26. The van der Waals surface area contributed by atoms with Gasteiger partial charge in [0.05, 0.1) is 18.0 Å². The van der Waals surface area contributed by atoms with Crippen LogP contribution >= 0.6 is 11.6 Å². The summed E-state index contributed by atoms with van der Waals surface area (Å²) in [6, 6.07) is 1.49. The third kappa shape index (κ3) is 3.04. The number of hydrogen-bond acceptors (Lipinski definition) is 5. The molecule has 15 heavy (non-hydrogen) atoms. The number of aliphatic hydroxyl groups is 2. The predicted molar refractivity (Wildman–Crippen MR) is 58.3 cm³/mol. The summed E-state index contributed by atoms with van der Waals surface area (Å²) in [5.74, 6) is 0. The van der Waals surface area contributed by atoms with Gasteiger partial charge in [-0.3, -0.25) is 0 Å². The Morgan fingerprint density at radius 1 is 1.47 bits per heavy atom. The van der Waals surface area contributed by atoms with E-state index in [1.54, 1.807) is 0 Å². The van der Waals surface area contributed by atoms with Gasteiger partial charge in [0.25, 0.3) is 0 Å². The van der Waals surface area contributed by atoms with Crippen LogP contribution in [0.4, 0.5) is 5.69 Å². The SMILES string of the molecule is NCCC(O)C(O)c1cc(N)cnc1Cl. The molecule has 84 valence electrons. The summed E-state index contributed by atoms with van der Waals surface area (Å²) >= 11 is 5.77. The maximum absolute atomic E-state index is 9.74. The molecular formula is C9H14ClN3O2. The second-order valence-electron chi connectivity index (χ2n) is 3.24. The summed E-state index contributed by atoms with van der Waals surface area (Å²) < 4.78 is 0. The van der Waals surface area contributed by atoms with Gasteiger partial charge in [-0.1, -0.05) is 11.6 Å². The number of aromatic nitrogens is 1. The molecule has 1 aromatic rings. The summed E-state index contributed by atoms with van der Waals surface area (Å²) in [7, 11) is 0. The van der Waals surface area contributed by atoms with Gasteiger partial charge in [-0.05, 0) is 19.0 Å². The minimum absolute atomic E-state index is 0.132. The van der Waals surface area contributed by atoms with Crippen molar-refractivity contribution < 1.29 is 10.2 Å². The number of aliphatic hydroxyl groups excluding tert-OH is 2. The standard InChI is InChI=1S/C9H14ClN3O2/c10-9-6(3-5(12)4-13-9)8(15)7(14)1-2-11/h3-4,7-8,14-15H,1-2,11-12H2. The fraction of sp³-hybridized carbons (Fsp3) is 0.444. The topological polar surface area (TPSA) is 105 Å². The first-order valence-electron chi connectivity index (χ1n) is 4.53. The van der Waals surface area contributed by atoms with E-state index in [1.165, 1.54) is 12.3 Å². The number of nitrogens with zero attached hydrogens (tertiary/aromatic N) is 1. The third-order valence-electron chi connectivity index (χ3n) is 2.03. The van der Waals surface area contributed by atoms with E-state index in [0.29, 0.717) is 11.3 Å². The Morgan fingerprint density at radius 2 is 2.13 bits per heavy atom. The minimum Gasteiger partial charge on any atom is -0.397 e. The lowest BCUT2D eigenvalue weighted by Gasteiger charge is -2.18. The molecule has 5 nitrogen and oxygen atoms in total. The van der Waals surface area contributed by atoms with E-state index < -0.39 is 12.2 Å². The van der Waals surface area contributed by atoms with Gasteiger partial charge in [-0.15, -0.1) is 0 Å². The smallest absolute Gasteiger partial charge is 0.135 e. The summed E-state index contributed by atoms with van der Waals surface area (Å²) in [4.78, 5) is 3.78. The Hall–Kier alpha value is -0.880. The largest absolute Gasteiger partial charge is 0.397 e. The number of halogens is 1. The molecule has 0 fully saturated rings. The molecule has 6 heteroatoms. The van der Waals surface area contributed by atoms with E-state index in [0.717, 1.165) is 0 Å². The zero-order valence-electron chi connectivity index (χ0n) is 8.10. The van der Waals surface area contributed by atoms with Crippen molar-refractivity contribution in [3.63, 3.8) is 0 Å². The van der Waals surface area contributed by atoms with E-state index in [4.69, 9.17) is 23.1 Å². The van der Waals surface area contributed by atoms with Crippen LogP contribution in [0, 0.1) is 0 Å². The van der Waals surface area contributed by atoms with E-state index in [9.17, 15) is 10.2 Å². The number of anilines is 1. The summed E-state index contributed by atoms with van der Waals surface area (Å²) in [5, 5.41) is 19.4. The van der Waals surface area contributed by atoms with Crippen LogP contribution in [0.25, 0.3) is 0 Å². The molecule has 0 saturated heterocycles. The number of hydrogen-bond donors (Lipinski definition) is 4. The molecule has 0 bridgehead atoms. The van der Waals surface area contributed by atoms with E-state index >= 15 is 0 Å². The lowest BCUT2D eigenvalue weighted by molar-refractivity contribution is 0.0149. The summed E-state index contributed by atoms with van der Waals surface area (Å²) in [5.41, 5.74) is 11.5. The van der Waals surface area contributed by atoms with Crippen molar-refractivity contribution in [1.29, 1.82) is 0 Å². The van der Waals surface area contributed by atoms with Gasteiger partial charge in [0, 0.05) is 5.56 Å². The molecule has 2 unspecified atom stereocenters. The average Bonchev–Trinajstić information content (AvgIpc) is 2.21. The van der Waals surface area contributed by atoms with Crippen molar-refractivity contribution in [2.45, 2.75) is 18.6 Å². The first kappa shape index (κ1) is 12.2. The van der Waals surface area contributed by atoms with Crippen LogP contribution in [0.3, 0.4) is 0 Å². The molecule has 0 radical (unpaired) electrons. The lowest BCUT2D eigenvalue weighted by Crippen LogP contribution is -2.22. The van der Waals surface area contributed by atoms with Gasteiger partial charge < -0.3 is 21.7 Å². The molecule has 0 aliphatic rings. The van der Waals surface area contributed by atoms with Gasteiger partial charge in [0.15, 0.2) is 0 Å². The van der Waals surface area contributed by atoms with Crippen molar-refractivity contribution >= 4 is 17.3 Å². The number of pyridine rings is 1. The summed E-state index contributed by atoms with van der Waals surface area (Å²) in [6.07, 6.45) is -0.409. The molecule has 0 spiro atoms. The second kappa shape index (κ2) is 5.27. The maximum Gasteiger partial charge on any atom is 0.135 e. The van der Waals surface area contributed by atoms with Gasteiger partial charge in [-0.2, -0.15) is 0 Å². The third-order valence-corrected chi connectivity index (χ3v) is 2.35. The highest BCUT2D eigenvalue weighted by atomic mass is 35.5. The molecule has 0 aliphatic heterocycles. The fourth-order valence-electron chi connectivity index (χ4n) is 1.23.